The largest absolute Gasteiger partial charge is 0.444 e. The molecule has 0 radical (unpaired) electrons. The second kappa shape index (κ2) is 6.02. The standard InChI is InChI=1S/C15H21ClN2O3/c1-10-7-8-11(12(16)17-10)15(5,9-19)18(6)13(20)21-14(2,3)4/h7-9H,1-6H3. The molecule has 1 aromatic heterocycles. The van der Waals surface area contributed by atoms with Gasteiger partial charge in [-0.3, -0.25) is 4.90 Å². The van der Waals surface area contributed by atoms with Crippen molar-refractivity contribution in [3.8, 4) is 0 Å². The van der Waals surface area contributed by atoms with E-state index in [1.807, 2.05) is 0 Å². The number of halogens is 1. The number of hydrogen-bond donors (Lipinski definition) is 0. The van der Waals surface area contributed by atoms with Gasteiger partial charge in [0.05, 0.1) is 0 Å². The molecule has 0 fully saturated rings. The number of aryl methyl sites for hydroxylation is 1. The molecule has 6 heteroatoms. The summed E-state index contributed by atoms with van der Waals surface area (Å²) in [6.07, 6.45) is 0.0588. The molecule has 0 bridgehead atoms. The van der Waals surface area contributed by atoms with Gasteiger partial charge in [-0.1, -0.05) is 17.7 Å². The highest BCUT2D eigenvalue weighted by Crippen LogP contribution is 2.31. The highest BCUT2D eigenvalue weighted by atomic mass is 35.5. The van der Waals surface area contributed by atoms with Gasteiger partial charge in [-0.05, 0) is 40.7 Å². The van der Waals surface area contributed by atoms with E-state index in [1.165, 1.54) is 11.9 Å². The Balaban J connectivity index is 3.20. The summed E-state index contributed by atoms with van der Waals surface area (Å²) in [5, 5.41) is 0.194. The van der Waals surface area contributed by atoms with Crippen LogP contribution < -0.4 is 0 Å². The number of rotatable bonds is 3. The first-order chi connectivity index (χ1) is 9.51. The minimum Gasteiger partial charge on any atom is -0.444 e. The van der Waals surface area contributed by atoms with Gasteiger partial charge in [0, 0.05) is 18.3 Å². The highest BCUT2D eigenvalue weighted by molar-refractivity contribution is 6.30. The Morgan fingerprint density at radius 3 is 2.33 bits per heavy atom. The SMILES string of the molecule is Cc1ccc(C(C)(C=O)N(C)C(=O)OC(C)(C)C)c(Cl)n1. The lowest BCUT2D eigenvalue weighted by atomic mass is 9.93. The van der Waals surface area contributed by atoms with Crippen molar-refractivity contribution in [2.75, 3.05) is 7.05 Å². The number of nitrogens with zero attached hydrogens (tertiary/aromatic N) is 2. The normalized spacial score (nSPS) is 14.2. The Morgan fingerprint density at radius 1 is 1.33 bits per heavy atom. The van der Waals surface area contributed by atoms with Crippen molar-refractivity contribution in [1.29, 1.82) is 0 Å². The summed E-state index contributed by atoms with van der Waals surface area (Å²) in [4.78, 5) is 29.2. The lowest BCUT2D eigenvalue weighted by Crippen LogP contribution is -2.48. The Kier molecular flexibility index (Phi) is 4.99. The van der Waals surface area contributed by atoms with Crippen LogP contribution in [0, 0.1) is 6.92 Å². The number of ether oxygens (including phenoxy) is 1. The predicted molar refractivity (Wildman–Crippen MR) is 81.4 cm³/mol. The maximum Gasteiger partial charge on any atom is 0.411 e. The molecular formula is C15H21ClN2O3. The van der Waals surface area contributed by atoms with Crippen LogP contribution in [0.4, 0.5) is 4.79 Å². The van der Waals surface area contributed by atoms with Gasteiger partial charge in [-0.25, -0.2) is 9.78 Å². The van der Waals surface area contributed by atoms with Crippen LogP contribution >= 0.6 is 11.6 Å². The number of carbonyl (C=O) groups excluding carboxylic acids is 2. The molecule has 0 saturated carbocycles. The van der Waals surface area contributed by atoms with Crippen LogP contribution in [0.25, 0.3) is 0 Å². The number of carbonyl (C=O) groups is 2. The van der Waals surface area contributed by atoms with Gasteiger partial charge in [0.1, 0.15) is 22.6 Å². The van der Waals surface area contributed by atoms with E-state index >= 15 is 0 Å². The second-order valence-corrected chi connectivity index (χ2v) is 6.45. The molecule has 0 aromatic carbocycles. The zero-order valence-corrected chi connectivity index (χ0v) is 14.0. The summed E-state index contributed by atoms with van der Waals surface area (Å²) in [7, 11) is 1.50. The monoisotopic (exact) mass is 312 g/mol. The second-order valence-electron chi connectivity index (χ2n) is 6.10. The number of pyridine rings is 1. The molecular weight excluding hydrogens is 292 g/mol. The molecule has 0 N–H and O–H groups in total. The number of likely N-dealkylation sites (N-methyl/N-ethyl adjacent to an activating group) is 1. The van der Waals surface area contributed by atoms with Gasteiger partial charge in [0.2, 0.25) is 0 Å². The van der Waals surface area contributed by atoms with Crippen molar-refractivity contribution in [2.24, 2.45) is 0 Å². The summed E-state index contributed by atoms with van der Waals surface area (Å²) in [6, 6.07) is 3.44. The van der Waals surface area contributed by atoms with Gasteiger partial charge in [-0.15, -0.1) is 0 Å². The average molecular weight is 313 g/mol. The fourth-order valence-electron chi connectivity index (χ4n) is 1.75. The van der Waals surface area contributed by atoms with E-state index in [4.69, 9.17) is 16.3 Å². The quantitative estimate of drug-likeness (QED) is 0.634. The number of hydrogen-bond acceptors (Lipinski definition) is 4. The molecule has 1 heterocycles. The smallest absolute Gasteiger partial charge is 0.411 e. The Hall–Kier alpha value is -1.62. The van der Waals surface area contributed by atoms with Gasteiger partial charge >= 0.3 is 6.09 Å². The molecule has 21 heavy (non-hydrogen) atoms. The van der Waals surface area contributed by atoms with E-state index in [9.17, 15) is 9.59 Å². The summed E-state index contributed by atoms with van der Waals surface area (Å²) in [5.41, 5.74) is -0.708. The van der Waals surface area contributed by atoms with Gasteiger partial charge in [0.25, 0.3) is 0 Å². The van der Waals surface area contributed by atoms with Gasteiger partial charge in [0.15, 0.2) is 0 Å². The van der Waals surface area contributed by atoms with Crippen LogP contribution in [-0.4, -0.2) is 34.9 Å². The third kappa shape index (κ3) is 3.94. The fourth-order valence-corrected chi connectivity index (χ4v) is 2.13. The van der Waals surface area contributed by atoms with Crippen LogP contribution in [-0.2, 0) is 15.1 Å². The molecule has 0 aliphatic rings. The molecule has 0 saturated heterocycles. The molecule has 116 valence electrons. The van der Waals surface area contributed by atoms with Crippen molar-refractivity contribution in [3.63, 3.8) is 0 Å². The third-order valence-corrected chi connectivity index (χ3v) is 3.41. The molecule has 1 rings (SSSR count). The maximum absolute atomic E-state index is 12.2. The van der Waals surface area contributed by atoms with Gasteiger partial charge < -0.3 is 9.53 Å². The Bertz CT molecular complexity index is 554. The molecule has 5 nitrogen and oxygen atoms in total. The van der Waals surface area contributed by atoms with E-state index in [0.717, 1.165) is 5.69 Å². The average Bonchev–Trinajstić information content (AvgIpc) is 2.34. The molecule has 1 aromatic rings. The van der Waals surface area contributed by atoms with E-state index in [-0.39, 0.29) is 5.15 Å². The summed E-state index contributed by atoms with van der Waals surface area (Å²) in [5.74, 6) is 0. The molecule has 1 unspecified atom stereocenters. The van der Waals surface area contributed by atoms with Crippen molar-refractivity contribution < 1.29 is 14.3 Å². The Morgan fingerprint density at radius 2 is 1.90 bits per heavy atom. The lowest BCUT2D eigenvalue weighted by Gasteiger charge is -2.35. The van der Waals surface area contributed by atoms with E-state index < -0.39 is 17.2 Å². The summed E-state index contributed by atoms with van der Waals surface area (Å²) >= 11 is 6.13. The highest BCUT2D eigenvalue weighted by Gasteiger charge is 2.38. The molecule has 0 aliphatic heterocycles. The van der Waals surface area contributed by atoms with Crippen LogP contribution in [0.5, 0.6) is 0 Å². The van der Waals surface area contributed by atoms with Crippen LogP contribution in [0.2, 0.25) is 5.15 Å². The molecule has 0 spiro atoms. The first-order valence-corrected chi connectivity index (χ1v) is 6.96. The van der Waals surface area contributed by atoms with Crippen molar-refractivity contribution in [1.82, 2.24) is 9.88 Å². The minimum atomic E-state index is -1.25. The number of aldehydes is 1. The third-order valence-electron chi connectivity index (χ3n) is 3.13. The summed E-state index contributed by atoms with van der Waals surface area (Å²) < 4.78 is 5.30. The van der Waals surface area contributed by atoms with Crippen molar-refractivity contribution in [3.05, 3.63) is 28.5 Å². The van der Waals surface area contributed by atoms with E-state index in [2.05, 4.69) is 4.98 Å². The minimum absolute atomic E-state index is 0.194. The van der Waals surface area contributed by atoms with Crippen LogP contribution in [0.15, 0.2) is 12.1 Å². The van der Waals surface area contributed by atoms with Crippen LogP contribution in [0.1, 0.15) is 39.0 Å². The molecule has 1 atom stereocenters. The topological polar surface area (TPSA) is 59.5 Å². The van der Waals surface area contributed by atoms with Crippen LogP contribution in [0.3, 0.4) is 0 Å². The zero-order chi connectivity index (χ0) is 16.4. The van der Waals surface area contributed by atoms with E-state index in [1.54, 1.807) is 46.8 Å². The Labute approximate surface area is 130 Å². The molecule has 1 amide bonds. The van der Waals surface area contributed by atoms with Crippen molar-refractivity contribution >= 4 is 24.0 Å². The number of amides is 1. The predicted octanol–water partition coefficient (Wildman–Crippen LogP) is 3.32. The maximum atomic E-state index is 12.2. The summed E-state index contributed by atoms with van der Waals surface area (Å²) in [6.45, 7) is 8.68. The lowest BCUT2D eigenvalue weighted by molar-refractivity contribution is -0.117. The van der Waals surface area contributed by atoms with E-state index in [0.29, 0.717) is 11.8 Å². The molecule has 0 aliphatic carbocycles. The first kappa shape index (κ1) is 17.4. The number of aromatic nitrogens is 1. The fraction of sp³-hybridized carbons (Fsp3) is 0.533. The van der Waals surface area contributed by atoms with Crippen molar-refractivity contribution in [2.45, 2.75) is 45.8 Å². The van der Waals surface area contributed by atoms with Gasteiger partial charge in [-0.2, -0.15) is 0 Å². The first-order valence-electron chi connectivity index (χ1n) is 6.58. The zero-order valence-electron chi connectivity index (χ0n) is 13.2.